The van der Waals surface area contributed by atoms with E-state index in [0.29, 0.717) is 5.71 Å². The average Bonchev–Trinajstić information content (AvgIpc) is 2.15. The standard InChI is InChI=1S/C12H13N/c1-10(2)8-9-12(13)11-6-4-3-5-7-11/h3-9,13H,1H2,2H3/b9-8-,13-12?. The van der Waals surface area contributed by atoms with Crippen molar-refractivity contribution in [2.45, 2.75) is 6.92 Å². The fourth-order valence-electron chi connectivity index (χ4n) is 0.940. The van der Waals surface area contributed by atoms with Crippen LogP contribution in [0.1, 0.15) is 12.5 Å². The molecule has 1 aromatic rings. The first-order valence-corrected chi connectivity index (χ1v) is 4.17. The second-order valence-electron chi connectivity index (χ2n) is 2.96. The third-order valence-corrected chi connectivity index (χ3v) is 1.62. The molecule has 0 bridgehead atoms. The highest BCUT2D eigenvalue weighted by atomic mass is 14.4. The van der Waals surface area contributed by atoms with Crippen LogP contribution in [-0.4, -0.2) is 5.71 Å². The van der Waals surface area contributed by atoms with Crippen LogP contribution >= 0.6 is 0 Å². The lowest BCUT2D eigenvalue weighted by Gasteiger charge is -1.96. The van der Waals surface area contributed by atoms with Gasteiger partial charge in [0.1, 0.15) is 0 Å². The molecule has 0 saturated heterocycles. The quantitative estimate of drug-likeness (QED) is 0.533. The van der Waals surface area contributed by atoms with Crippen molar-refractivity contribution < 1.29 is 0 Å². The first-order chi connectivity index (χ1) is 6.20. The maximum atomic E-state index is 7.70. The van der Waals surface area contributed by atoms with Crippen molar-refractivity contribution in [2.75, 3.05) is 0 Å². The number of hydrogen-bond donors (Lipinski definition) is 1. The van der Waals surface area contributed by atoms with Crippen LogP contribution in [0.5, 0.6) is 0 Å². The maximum absolute atomic E-state index is 7.70. The topological polar surface area (TPSA) is 23.9 Å². The monoisotopic (exact) mass is 171 g/mol. The van der Waals surface area contributed by atoms with Crippen molar-refractivity contribution in [3.05, 3.63) is 60.2 Å². The molecule has 1 heteroatoms. The van der Waals surface area contributed by atoms with E-state index in [-0.39, 0.29) is 0 Å². The van der Waals surface area contributed by atoms with Crippen molar-refractivity contribution in [1.82, 2.24) is 0 Å². The lowest BCUT2D eigenvalue weighted by Crippen LogP contribution is -1.92. The molecule has 0 aliphatic heterocycles. The van der Waals surface area contributed by atoms with Crippen molar-refractivity contribution in [2.24, 2.45) is 0 Å². The smallest absolute Gasteiger partial charge is 0.0612 e. The van der Waals surface area contributed by atoms with Gasteiger partial charge in [0.15, 0.2) is 0 Å². The Morgan fingerprint density at radius 2 is 1.85 bits per heavy atom. The van der Waals surface area contributed by atoms with E-state index in [2.05, 4.69) is 6.58 Å². The molecule has 66 valence electrons. The van der Waals surface area contributed by atoms with E-state index in [1.165, 1.54) is 0 Å². The van der Waals surface area contributed by atoms with E-state index in [4.69, 9.17) is 5.41 Å². The Hall–Kier alpha value is -1.63. The van der Waals surface area contributed by atoms with Crippen LogP contribution in [-0.2, 0) is 0 Å². The highest BCUT2D eigenvalue weighted by Gasteiger charge is 1.93. The van der Waals surface area contributed by atoms with Gasteiger partial charge in [-0.1, -0.05) is 48.6 Å². The molecule has 0 fully saturated rings. The number of hydrogen-bond acceptors (Lipinski definition) is 1. The second kappa shape index (κ2) is 4.41. The summed E-state index contributed by atoms with van der Waals surface area (Å²) in [6, 6.07) is 9.65. The van der Waals surface area contributed by atoms with Crippen LogP contribution in [0.4, 0.5) is 0 Å². The van der Waals surface area contributed by atoms with E-state index >= 15 is 0 Å². The van der Waals surface area contributed by atoms with Crippen LogP contribution < -0.4 is 0 Å². The molecule has 1 N–H and O–H groups in total. The summed E-state index contributed by atoms with van der Waals surface area (Å²) in [6.07, 6.45) is 3.60. The van der Waals surface area contributed by atoms with Crippen LogP contribution in [0.2, 0.25) is 0 Å². The normalized spacial score (nSPS) is 10.2. The first-order valence-electron chi connectivity index (χ1n) is 4.17. The van der Waals surface area contributed by atoms with E-state index in [1.807, 2.05) is 43.3 Å². The summed E-state index contributed by atoms with van der Waals surface area (Å²) in [5, 5.41) is 7.70. The second-order valence-corrected chi connectivity index (χ2v) is 2.96. The molecule has 0 aromatic heterocycles. The van der Waals surface area contributed by atoms with E-state index in [9.17, 15) is 0 Å². The summed E-state index contributed by atoms with van der Waals surface area (Å²) in [6.45, 7) is 5.65. The van der Waals surface area contributed by atoms with E-state index in [1.54, 1.807) is 6.08 Å². The summed E-state index contributed by atoms with van der Waals surface area (Å²) < 4.78 is 0. The highest BCUT2D eigenvalue weighted by Crippen LogP contribution is 2.01. The van der Waals surface area contributed by atoms with Gasteiger partial charge in [-0.2, -0.15) is 0 Å². The Balaban J connectivity index is 2.76. The molecular weight excluding hydrogens is 158 g/mol. The van der Waals surface area contributed by atoms with Crippen molar-refractivity contribution in [3.8, 4) is 0 Å². The summed E-state index contributed by atoms with van der Waals surface area (Å²) in [5.74, 6) is 0. The molecule has 0 unspecified atom stereocenters. The lowest BCUT2D eigenvalue weighted by molar-refractivity contribution is 1.48. The van der Waals surface area contributed by atoms with Gasteiger partial charge in [-0.25, -0.2) is 0 Å². The van der Waals surface area contributed by atoms with Gasteiger partial charge in [0.05, 0.1) is 5.71 Å². The predicted molar refractivity (Wildman–Crippen MR) is 57.2 cm³/mol. The fourth-order valence-corrected chi connectivity index (χ4v) is 0.940. The molecule has 0 saturated carbocycles. The first kappa shape index (κ1) is 9.46. The van der Waals surface area contributed by atoms with Crippen molar-refractivity contribution in [3.63, 3.8) is 0 Å². The number of rotatable bonds is 3. The lowest BCUT2D eigenvalue weighted by atomic mass is 10.1. The Labute approximate surface area is 78.9 Å². The molecule has 0 aliphatic carbocycles. The SMILES string of the molecule is C=C(C)/C=C\C(=N)c1ccccc1. The van der Waals surface area contributed by atoms with Crippen LogP contribution in [0.3, 0.4) is 0 Å². The van der Waals surface area contributed by atoms with Gasteiger partial charge in [-0.15, -0.1) is 0 Å². The number of nitrogens with one attached hydrogen (secondary N) is 1. The van der Waals surface area contributed by atoms with Gasteiger partial charge in [0.25, 0.3) is 0 Å². The minimum absolute atomic E-state index is 0.517. The third-order valence-electron chi connectivity index (χ3n) is 1.62. The summed E-state index contributed by atoms with van der Waals surface area (Å²) in [4.78, 5) is 0. The molecular formula is C12H13N. The van der Waals surface area contributed by atoms with Gasteiger partial charge in [-0.3, -0.25) is 0 Å². The zero-order valence-electron chi connectivity index (χ0n) is 7.75. The van der Waals surface area contributed by atoms with Crippen LogP contribution in [0.15, 0.2) is 54.6 Å². The largest absolute Gasteiger partial charge is 0.300 e. The fraction of sp³-hybridized carbons (Fsp3) is 0.0833. The zero-order valence-corrected chi connectivity index (χ0v) is 7.75. The average molecular weight is 171 g/mol. The number of benzene rings is 1. The minimum Gasteiger partial charge on any atom is -0.300 e. The molecule has 0 spiro atoms. The van der Waals surface area contributed by atoms with Crippen LogP contribution in [0.25, 0.3) is 0 Å². The Bertz CT molecular complexity index is 333. The van der Waals surface area contributed by atoms with E-state index < -0.39 is 0 Å². The summed E-state index contributed by atoms with van der Waals surface area (Å²) in [5.41, 5.74) is 2.41. The Morgan fingerprint density at radius 3 is 2.38 bits per heavy atom. The van der Waals surface area contributed by atoms with Gasteiger partial charge < -0.3 is 5.41 Å². The number of allylic oxidation sites excluding steroid dienone is 3. The molecule has 0 aliphatic rings. The third kappa shape index (κ3) is 3.08. The van der Waals surface area contributed by atoms with Crippen molar-refractivity contribution in [1.29, 1.82) is 5.41 Å². The molecule has 1 aromatic carbocycles. The minimum atomic E-state index is 0.517. The predicted octanol–water partition coefficient (Wildman–Crippen LogP) is 3.19. The Kier molecular flexibility index (Phi) is 3.21. The summed E-state index contributed by atoms with van der Waals surface area (Å²) >= 11 is 0. The van der Waals surface area contributed by atoms with Gasteiger partial charge >= 0.3 is 0 Å². The molecule has 13 heavy (non-hydrogen) atoms. The molecule has 1 rings (SSSR count). The summed E-state index contributed by atoms with van der Waals surface area (Å²) in [7, 11) is 0. The molecule has 0 heterocycles. The highest BCUT2D eigenvalue weighted by molar-refractivity contribution is 6.06. The van der Waals surface area contributed by atoms with Gasteiger partial charge in [-0.05, 0) is 18.6 Å². The zero-order chi connectivity index (χ0) is 9.68. The molecule has 0 radical (unpaired) electrons. The molecule has 0 atom stereocenters. The Morgan fingerprint density at radius 1 is 1.23 bits per heavy atom. The van der Waals surface area contributed by atoms with E-state index in [0.717, 1.165) is 11.1 Å². The van der Waals surface area contributed by atoms with Crippen LogP contribution in [0, 0.1) is 5.41 Å². The molecule has 1 nitrogen and oxygen atoms in total. The van der Waals surface area contributed by atoms with Crippen molar-refractivity contribution >= 4 is 5.71 Å². The van der Waals surface area contributed by atoms with Gasteiger partial charge in [0.2, 0.25) is 0 Å². The molecule has 0 amide bonds. The van der Waals surface area contributed by atoms with Gasteiger partial charge in [0, 0.05) is 0 Å². The maximum Gasteiger partial charge on any atom is 0.0612 e.